The van der Waals surface area contributed by atoms with E-state index in [0.717, 1.165) is 28.5 Å². The number of ether oxygens (including phenoxy) is 1. The number of fused-ring (bicyclic) bond motifs is 1. The van der Waals surface area contributed by atoms with Gasteiger partial charge in [0.1, 0.15) is 11.6 Å². The summed E-state index contributed by atoms with van der Waals surface area (Å²) in [5, 5.41) is 9.60. The lowest BCUT2D eigenvalue weighted by Crippen LogP contribution is -2.11. The average Bonchev–Trinajstić information content (AvgIpc) is 2.38. The van der Waals surface area contributed by atoms with Crippen LogP contribution in [0.3, 0.4) is 0 Å². The summed E-state index contributed by atoms with van der Waals surface area (Å²) in [4.78, 5) is 0. The Hall–Kier alpha value is -2.03. The van der Waals surface area contributed by atoms with Crippen LogP contribution in [0.4, 0.5) is 0 Å². The maximum atomic E-state index is 7.62. The molecule has 0 aliphatic heterocycles. The lowest BCUT2D eigenvalue weighted by Gasteiger charge is -2.12. The molecule has 3 N–H and O–H groups in total. The zero-order valence-corrected chi connectivity index (χ0v) is 11.4. The van der Waals surface area contributed by atoms with Crippen LogP contribution in [-0.4, -0.2) is 12.4 Å². The SMILES string of the molecule is CC(C)CCOc1ccc(C(=N)N)c2ccccc12. The van der Waals surface area contributed by atoms with Crippen LogP contribution in [0, 0.1) is 11.3 Å². The zero-order valence-electron chi connectivity index (χ0n) is 11.4. The molecule has 2 rings (SSSR count). The number of rotatable bonds is 5. The Balaban J connectivity index is 2.36. The molecule has 0 radical (unpaired) electrons. The van der Waals surface area contributed by atoms with E-state index < -0.39 is 0 Å². The quantitative estimate of drug-likeness (QED) is 0.635. The Labute approximate surface area is 113 Å². The van der Waals surface area contributed by atoms with Gasteiger partial charge in [-0.3, -0.25) is 5.41 Å². The van der Waals surface area contributed by atoms with Gasteiger partial charge < -0.3 is 10.5 Å². The summed E-state index contributed by atoms with van der Waals surface area (Å²) in [5.41, 5.74) is 6.37. The summed E-state index contributed by atoms with van der Waals surface area (Å²) in [6, 6.07) is 11.7. The topological polar surface area (TPSA) is 59.1 Å². The summed E-state index contributed by atoms with van der Waals surface area (Å²) >= 11 is 0. The molecule has 19 heavy (non-hydrogen) atoms. The highest BCUT2D eigenvalue weighted by molar-refractivity contribution is 6.09. The summed E-state index contributed by atoms with van der Waals surface area (Å²) in [6.07, 6.45) is 1.03. The second kappa shape index (κ2) is 5.74. The third kappa shape index (κ3) is 3.05. The van der Waals surface area contributed by atoms with Crippen molar-refractivity contribution in [3.05, 3.63) is 42.0 Å². The number of nitrogen functional groups attached to an aromatic ring is 1. The molecule has 0 saturated carbocycles. The van der Waals surface area contributed by atoms with E-state index in [1.807, 2.05) is 36.4 Å². The van der Waals surface area contributed by atoms with Crippen molar-refractivity contribution in [3.8, 4) is 5.75 Å². The molecule has 0 heterocycles. The second-order valence-electron chi connectivity index (χ2n) is 5.10. The molecule has 3 heteroatoms. The van der Waals surface area contributed by atoms with Crippen molar-refractivity contribution < 1.29 is 4.74 Å². The van der Waals surface area contributed by atoms with Crippen LogP contribution in [0.25, 0.3) is 10.8 Å². The van der Waals surface area contributed by atoms with Gasteiger partial charge in [0.2, 0.25) is 0 Å². The first-order chi connectivity index (χ1) is 9.09. The van der Waals surface area contributed by atoms with Gasteiger partial charge in [0.05, 0.1) is 6.61 Å². The normalized spacial score (nSPS) is 10.9. The van der Waals surface area contributed by atoms with Gasteiger partial charge in [-0.25, -0.2) is 0 Å². The van der Waals surface area contributed by atoms with E-state index in [2.05, 4.69) is 13.8 Å². The molecule has 2 aromatic carbocycles. The third-order valence-corrected chi connectivity index (χ3v) is 3.13. The second-order valence-corrected chi connectivity index (χ2v) is 5.10. The van der Waals surface area contributed by atoms with Crippen molar-refractivity contribution in [2.24, 2.45) is 11.7 Å². The molecule has 0 aliphatic carbocycles. The van der Waals surface area contributed by atoms with E-state index in [9.17, 15) is 0 Å². The van der Waals surface area contributed by atoms with Gasteiger partial charge >= 0.3 is 0 Å². The maximum absolute atomic E-state index is 7.62. The minimum absolute atomic E-state index is 0.0879. The van der Waals surface area contributed by atoms with Gasteiger partial charge in [0.15, 0.2) is 0 Å². The smallest absolute Gasteiger partial charge is 0.127 e. The van der Waals surface area contributed by atoms with Crippen LogP contribution in [0.2, 0.25) is 0 Å². The van der Waals surface area contributed by atoms with E-state index in [-0.39, 0.29) is 5.84 Å². The van der Waals surface area contributed by atoms with Crippen molar-refractivity contribution in [2.45, 2.75) is 20.3 Å². The first kappa shape index (κ1) is 13.4. The lowest BCUT2D eigenvalue weighted by molar-refractivity contribution is 0.292. The van der Waals surface area contributed by atoms with Crippen molar-refractivity contribution in [1.29, 1.82) is 5.41 Å². The predicted octanol–water partition coefficient (Wildman–Crippen LogP) is 3.55. The molecule has 0 amide bonds. The number of nitrogens with one attached hydrogen (secondary N) is 1. The number of hydrogen-bond donors (Lipinski definition) is 2. The molecule has 0 unspecified atom stereocenters. The van der Waals surface area contributed by atoms with Crippen LogP contribution >= 0.6 is 0 Å². The number of benzene rings is 2. The summed E-state index contributed by atoms with van der Waals surface area (Å²) in [5.74, 6) is 1.58. The van der Waals surface area contributed by atoms with Gasteiger partial charge in [-0.1, -0.05) is 38.1 Å². The number of amidine groups is 1. The molecule has 0 aliphatic rings. The molecule has 0 fully saturated rings. The lowest BCUT2D eigenvalue weighted by atomic mass is 10.0. The van der Waals surface area contributed by atoms with E-state index in [0.29, 0.717) is 12.5 Å². The van der Waals surface area contributed by atoms with Gasteiger partial charge in [-0.15, -0.1) is 0 Å². The zero-order chi connectivity index (χ0) is 13.8. The van der Waals surface area contributed by atoms with Crippen molar-refractivity contribution in [1.82, 2.24) is 0 Å². The number of hydrogen-bond acceptors (Lipinski definition) is 2. The van der Waals surface area contributed by atoms with Gasteiger partial charge in [0.25, 0.3) is 0 Å². The van der Waals surface area contributed by atoms with Crippen LogP contribution in [0.1, 0.15) is 25.8 Å². The van der Waals surface area contributed by atoms with Crippen LogP contribution < -0.4 is 10.5 Å². The summed E-state index contributed by atoms with van der Waals surface area (Å²) < 4.78 is 5.85. The molecule has 0 bridgehead atoms. The minimum atomic E-state index is 0.0879. The predicted molar refractivity (Wildman–Crippen MR) is 79.9 cm³/mol. The van der Waals surface area contributed by atoms with Gasteiger partial charge in [-0.2, -0.15) is 0 Å². The molecule has 0 atom stereocenters. The fraction of sp³-hybridized carbons (Fsp3) is 0.312. The fourth-order valence-corrected chi connectivity index (χ4v) is 2.04. The van der Waals surface area contributed by atoms with E-state index in [4.69, 9.17) is 15.9 Å². The molecule has 100 valence electrons. The van der Waals surface area contributed by atoms with Gasteiger partial charge in [0, 0.05) is 10.9 Å². The van der Waals surface area contributed by atoms with Crippen LogP contribution in [0.5, 0.6) is 5.75 Å². The highest BCUT2D eigenvalue weighted by Crippen LogP contribution is 2.28. The molecular weight excluding hydrogens is 236 g/mol. The molecular formula is C16H20N2O. The largest absolute Gasteiger partial charge is 0.493 e. The van der Waals surface area contributed by atoms with Crippen molar-refractivity contribution in [2.75, 3.05) is 6.61 Å². The minimum Gasteiger partial charge on any atom is -0.493 e. The molecule has 0 spiro atoms. The highest BCUT2D eigenvalue weighted by atomic mass is 16.5. The fourth-order valence-electron chi connectivity index (χ4n) is 2.04. The Morgan fingerprint density at radius 1 is 1.16 bits per heavy atom. The van der Waals surface area contributed by atoms with Crippen molar-refractivity contribution in [3.63, 3.8) is 0 Å². The monoisotopic (exact) mass is 256 g/mol. The average molecular weight is 256 g/mol. The van der Waals surface area contributed by atoms with E-state index in [1.165, 1.54) is 0 Å². The van der Waals surface area contributed by atoms with Crippen molar-refractivity contribution >= 4 is 16.6 Å². The first-order valence-electron chi connectivity index (χ1n) is 6.58. The molecule has 0 saturated heterocycles. The third-order valence-electron chi connectivity index (χ3n) is 3.13. The first-order valence-corrected chi connectivity index (χ1v) is 6.58. The highest BCUT2D eigenvalue weighted by Gasteiger charge is 2.08. The Bertz CT molecular complexity index is 590. The van der Waals surface area contributed by atoms with Gasteiger partial charge in [-0.05, 0) is 29.9 Å². The van der Waals surface area contributed by atoms with Crippen LogP contribution in [0.15, 0.2) is 36.4 Å². The van der Waals surface area contributed by atoms with E-state index >= 15 is 0 Å². The Morgan fingerprint density at radius 2 is 1.84 bits per heavy atom. The molecule has 0 aromatic heterocycles. The van der Waals surface area contributed by atoms with E-state index in [1.54, 1.807) is 0 Å². The maximum Gasteiger partial charge on any atom is 0.127 e. The molecule has 3 nitrogen and oxygen atoms in total. The standard InChI is InChI=1S/C16H20N2O/c1-11(2)9-10-19-15-8-7-14(16(17)18)12-5-3-4-6-13(12)15/h3-8,11H,9-10H2,1-2H3,(H3,17,18). The molecule has 2 aromatic rings. The Kier molecular flexibility index (Phi) is 4.05. The Morgan fingerprint density at radius 3 is 2.47 bits per heavy atom. The van der Waals surface area contributed by atoms with Crippen LogP contribution in [-0.2, 0) is 0 Å². The number of nitrogens with two attached hydrogens (primary N) is 1. The summed E-state index contributed by atoms with van der Waals surface area (Å²) in [6.45, 7) is 5.07. The summed E-state index contributed by atoms with van der Waals surface area (Å²) in [7, 11) is 0.